The molecule has 1 saturated carbocycles. The molecule has 2 atom stereocenters. The van der Waals surface area contributed by atoms with E-state index >= 15 is 0 Å². The Morgan fingerprint density at radius 2 is 1.62 bits per heavy atom. The van der Waals surface area contributed by atoms with Crippen LogP contribution >= 0.6 is 0 Å². The Morgan fingerprint density at radius 3 is 2.29 bits per heavy atom. The predicted molar refractivity (Wildman–Crippen MR) is 86.2 cm³/mol. The van der Waals surface area contributed by atoms with Crippen LogP contribution in [0.1, 0.15) is 75.5 Å². The molecule has 2 unspecified atom stereocenters. The minimum Gasteiger partial charge on any atom is -0.399 e. The molecule has 0 aromatic heterocycles. The number of hydrogen-bond donors (Lipinski definition) is 0. The van der Waals surface area contributed by atoms with Crippen LogP contribution in [0.15, 0.2) is 12.1 Å². The third kappa shape index (κ3) is 1.87. The summed E-state index contributed by atoms with van der Waals surface area (Å²) >= 11 is 0. The molecule has 1 aromatic carbocycles. The highest BCUT2D eigenvalue weighted by molar-refractivity contribution is 6.62. The van der Waals surface area contributed by atoms with E-state index < -0.39 is 0 Å². The molecule has 0 radical (unpaired) electrons. The molecule has 2 bridgehead atoms. The lowest BCUT2D eigenvalue weighted by Gasteiger charge is -2.32. The predicted octanol–water partition coefficient (Wildman–Crippen LogP) is 3.66. The van der Waals surface area contributed by atoms with E-state index in [4.69, 9.17) is 9.31 Å². The lowest BCUT2D eigenvalue weighted by Crippen LogP contribution is -2.41. The minimum absolute atomic E-state index is 0.224. The molecule has 3 heteroatoms. The van der Waals surface area contributed by atoms with E-state index in [-0.39, 0.29) is 18.3 Å². The lowest BCUT2D eigenvalue weighted by molar-refractivity contribution is 0.00578. The third-order valence-electron chi connectivity index (χ3n) is 6.25. The molecule has 2 nitrogen and oxygen atoms in total. The second-order valence-corrected chi connectivity index (χ2v) is 8.14. The fourth-order valence-corrected chi connectivity index (χ4v) is 4.39. The normalized spacial score (nSPS) is 31.8. The van der Waals surface area contributed by atoms with E-state index in [2.05, 4.69) is 46.8 Å². The summed E-state index contributed by atoms with van der Waals surface area (Å²) in [6.45, 7) is 10.7. The Bertz CT molecular complexity index is 589. The molecule has 3 aliphatic rings. The summed E-state index contributed by atoms with van der Waals surface area (Å²) in [5.74, 6) is 1.60. The smallest absolute Gasteiger partial charge is 0.399 e. The zero-order valence-electron chi connectivity index (χ0n) is 13.8. The zero-order valence-corrected chi connectivity index (χ0v) is 13.8. The molecule has 1 heterocycles. The van der Waals surface area contributed by atoms with Gasteiger partial charge in [-0.15, -0.1) is 0 Å². The van der Waals surface area contributed by atoms with Gasteiger partial charge in [0.15, 0.2) is 0 Å². The van der Waals surface area contributed by atoms with Crippen molar-refractivity contribution in [2.24, 2.45) is 0 Å². The number of rotatable bonds is 1. The van der Waals surface area contributed by atoms with Crippen molar-refractivity contribution in [3.05, 3.63) is 28.8 Å². The van der Waals surface area contributed by atoms with E-state index in [9.17, 15) is 0 Å². The van der Waals surface area contributed by atoms with Gasteiger partial charge >= 0.3 is 7.12 Å². The number of benzene rings is 1. The van der Waals surface area contributed by atoms with Crippen LogP contribution in [0.5, 0.6) is 0 Å². The Morgan fingerprint density at radius 1 is 1.00 bits per heavy atom. The summed E-state index contributed by atoms with van der Waals surface area (Å²) < 4.78 is 12.4. The average Bonchev–Trinajstić information content (AvgIpc) is 3.02. The number of fused-ring (bicyclic) bond motifs is 5. The van der Waals surface area contributed by atoms with Crippen LogP contribution in [0.25, 0.3) is 0 Å². The van der Waals surface area contributed by atoms with E-state index in [1.54, 1.807) is 11.1 Å². The van der Waals surface area contributed by atoms with Gasteiger partial charge in [0.2, 0.25) is 0 Å². The van der Waals surface area contributed by atoms with Crippen LogP contribution in [0.3, 0.4) is 0 Å². The van der Waals surface area contributed by atoms with Crippen molar-refractivity contribution in [3.63, 3.8) is 0 Å². The number of aryl methyl sites for hydroxylation is 1. The Kier molecular flexibility index (Phi) is 2.73. The molecular weight excluding hydrogens is 259 g/mol. The molecule has 0 amide bonds. The first-order valence-corrected chi connectivity index (χ1v) is 8.28. The third-order valence-corrected chi connectivity index (χ3v) is 6.25. The molecule has 21 heavy (non-hydrogen) atoms. The van der Waals surface area contributed by atoms with Gasteiger partial charge in [0.1, 0.15) is 0 Å². The van der Waals surface area contributed by atoms with Gasteiger partial charge in [-0.3, -0.25) is 0 Å². The summed E-state index contributed by atoms with van der Waals surface area (Å²) in [5.41, 5.74) is 5.33. The number of hydrogen-bond acceptors (Lipinski definition) is 2. The second kappa shape index (κ2) is 4.14. The molecule has 1 aromatic rings. The van der Waals surface area contributed by atoms with E-state index in [0.29, 0.717) is 0 Å². The van der Waals surface area contributed by atoms with Crippen molar-refractivity contribution in [1.29, 1.82) is 0 Å². The van der Waals surface area contributed by atoms with Gasteiger partial charge in [0.05, 0.1) is 11.2 Å². The van der Waals surface area contributed by atoms with Gasteiger partial charge in [-0.2, -0.15) is 0 Å². The maximum absolute atomic E-state index is 6.22. The molecule has 4 rings (SSSR count). The summed E-state index contributed by atoms with van der Waals surface area (Å²) in [6.07, 6.45) is 4.11. The minimum atomic E-state index is -0.260. The standard InChI is InChI=1S/C18H25BO2/c1-11-8-14(19-20-17(2,3)18(4,5)21-19)10-15-12-6-7-13(9-12)16(11)15/h8,10,12-13H,6-7,9H2,1-5H3. The quantitative estimate of drug-likeness (QED) is 0.733. The summed E-state index contributed by atoms with van der Waals surface area (Å²) in [4.78, 5) is 0. The Hall–Kier alpha value is -0.795. The van der Waals surface area contributed by atoms with Crippen LogP contribution in [-0.2, 0) is 9.31 Å². The van der Waals surface area contributed by atoms with Gasteiger partial charge in [0, 0.05) is 0 Å². The van der Waals surface area contributed by atoms with Crippen LogP contribution in [-0.4, -0.2) is 18.3 Å². The van der Waals surface area contributed by atoms with E-state index in [1.165, 1.54) is 30.3 Å². The molecule has 112 valence electrons. The fourth-order valence-electron chi connectivity index (χ4n) is 4.39. The van der Waals surface area contributed by atoms with Crippen molar-refractivity contribution in [2.45, 2.75) is 76.9 Å². The van der Waals surface area contributed by atoms with Crippen molar-refractivity contribution < 1.29 is 9.31 Å². The fraction of sp³-hybridized carbons (Fsp3) is 0.667. The maximum atomic E-state index is 6.22. The van der Waals surface area contributed by atoms with Crippen molar-refractivity contribution in [3.8, 4) is 0 Å². The first-order valence-electron chi connectivity index (χ1n) is 8.28. The highest BCUT2D eigenvalue weighted by Crippen LogP contribution is 2.53. The summed E-state index contributed by atoms with van der Waals surface area (Å²) in [7, 11) is -0.224. The van der Waals surface area contributed by atoms with Crippen LogP contribution < -0.4 is 5.46 Å². The summed E-state index contributed by atoms with van der Waals surface area (Å²) in [5, 5.41) is 0. The topological polar surface area (TPSA) is 18.5 Å². The SMILES string of the molecule is Cc1cc(B2OC(C)(C)C(C)(C)O2)cc2c1C1CCC2C1. The van der Waals surface area contributed by atoms with Crippen molar-refractivity contribution in [2.75, 3.05) is 0 Å². The van der Waals surface area contributed by atoms with Gasteiger partial charge in [-0.1, -0.05) is 12.1 Å². The Balaban J connectivity index is 1.72. The zero-order chi connectivity index (χ0) is 15.0. The van der Waals surface area contributed by atoms with Gasteiger partial charge < -0.3 is 9.31 Å². The monoisotopic (exact) mass is 284 g/mol. The molecule has 1 aliphatic heterocycles. The molecule has 1 saturated heterocycles. The van der Waals surface area contributed by atoms with E-state index in [1.807, 2.05) is 0 Å². The summed E-state index contributed by atoms with van der Waals surface area (Å²) in [6, 6.07) is 4.66. The van der Waals surface area contributed by atoms with Crippen LogP contribution in [0.2, 0.25) is 0 Å². The average molecular weight is 284 g/mol. The van der Waals surface area contributed by atoms with Gasteiger partial charge in [-0.25, -0.2) is 0 Å². The highest BCUT2D eigenvalue weighted by Gasteiger charge is 2.52. The van der Waals surface area contributed by atoms with Gasteiger partial charge in [-0.05, 0) is 87.9 Å². The van der Waals surface area contributed by atoms with E-state index in [0.717, 1.165) is 11.8 Å². The molecule has 0 N–H and O–H groups in total. The maximum Gasteiger partial charge on any atom is 0.494 e. The molecule has 0 spiro atoms. The van der Waals surface area contributed by atoms with Crippen molar-refractivity contribution >= 4 is 12.6 Å². The molecule has 2 aliphatic carbocycles. The van der Waals surface area contributed by atoms with Crippen LogP contribution in [0.4, 0.5) is 0 Å². The van der Waals surface area contributed by atoms with Crippen LogP contribution in [0, 0.1) is 6.92 Å². The van der Waals surface area contributed by atoms with Crippen molar-refractivity contribution in [1.82, 2.24) is 0 Å². The largest absolute Gasteiger partial charge is 0.494 e. The van der Waals surface area contributed by atoms with Gasteiger partial charge in [0.25, 0.3) is 0 Å². The Labute approximate surface area is 128 Å². The lowest BCUT2D eigenvalue weighted by atomic mass is 9.74. The highest BCUT2D eigenvalue weighted by atomic mass is 16.7. The molecule has 2 fully saturated rings. The first-order chi connectivity index (χ1) is 9.78. The molecular formula is C18H25BO2. The second-order valence-electron chi connectivity index (χ2n) is 8.14. The first kappa shape index (κ1) is 13.8.